The quantitative estimate of drug-likeness (QED) is 0.896. The molecular weight excluding hydrogens is 312 g/mol. The molecular formula is C16H24N4O2S. The van der Waals surface area contributed by atoms with E-state index >= 15 is 0 Å². The molecule has 0 aliphatic carbocycles. The van der Waals surface area contributed by atoms with Gasteiger partial charge in [0.2, 0.25) is 0 Å². The van der Waals surface area contributed by atoms with Crippen molar-refractivity contribution >= 4 is 17.2 Å². The van der Waals surface area contributed by atoms with Crippen molar-refractivity contribution in [3.8, 4) is 0 Å². The van der Waals surface area contributed by atoms with Crippen LogP contribution in [0.3, 0.4) is 0 Å². The normalized spacial score (nSPS) is 29.3. The zero-order valence-corrected chi connectivity index (χ0v) is 14.2. The van der Waals surface area contributed by atoms with Crippen LogP contribution in [-0.2, 0) is 4.74 Å². The van der Waals surface area contributed by atoms with E-state index in [0.717, 1.165) is 70.1 Å². The van der Waals surface area contributed by atoms with Crippen molar-refractivity contribution in [2.75, 3.05) is 45.9 Å². The molecule has 0 saturated carbocycles. The molecule has 126 valence electrons. The molecule has 6 nitrogen and oxygen atoms in total. The highest BCUT2D eigenvalue weighted by atomic mass is 32.1. The summed E-state index contributed by atoms with van der Waals surface area (Å²) in [6.45, 7) is 6.79. The lowest BCUT2D eigenvalue weighted by molar-refractivity contribution is 0.0766. The number of nitrogens with one attached hydrogen (secondary N) is 1. The van der Waals surface area contributed by atoms with Crippen LogP contribution < -0.4 is 5.32 Å². The van der Waals surface area contributed by atoms with Gasteiger partial charge in [-0.1, -0.05) is 0 Å². The van der Waals surface area contributed by atoms with Crippen LogP contribution in [0, 0.1) is 0 Å². The minimum absolute atomic E-state index is 0.0862. The summed E-state index contributed by atoms with van der Waals surface area (Å²) >= 11 is 1.56. The number of carbonyl (C=O) groups excluding carboxylic acids is 1. The highest BCUT2D eigenvalue weighted by Crippen LogP contribution is 2.31. The number of hydrogen-bond donors (Lipinski definition) is 1. The van der Waals surface area contributed by atoms with E-state index in [1.165, 1.54) is 0 Å². The number of aromatic nitrogens is 1. The van der Waals surface area contributed by atoms with Crippen LogP contribution in [0.25, 0.3) is 0 Å². The van der Waals surface area contributed by atoms with Crippen LogP contribution in [0.1, 0.15) is 40.9 Å². The Bertz CT molecular complexity index is 552. The van der Waals surface area contributed by atoms with Gasteiger partial charge in [-0.05, 0) is 19.3 Å². The summed E-state index contributed by atoms with van der Waals surface area (Å²) in [5, 5.41) is 6.25. The molecule has 3 aliphatic rings. The Morgan fingerprint density at radius 3 is 2.96 bits per heavy atom. The highest BCUT2D eigenvalue weighted by Gasteiger charge is 2.32. The average Bonchev–Trinajstić information content (AvgIpc) is 3.35. The standard InChI is InChI=1S/C16H24N4O2S/c21-16(13-11-23-15(18-13)14-2-1-9-22-14)20-6-3-12(10-20)19-7-4-17-5-8-19/h11-12,14,17H,1-10H2. The third-order valence-electron chi connectivity index (χ3n) is 5.06. The van der Waals surface area contributed by atoms with Gasteiger partial charge < -0.3 is 15.0 Å². The van der Waals surface area contributed by atoms with E-state index in [9.17, 15) is 4.79 Å². The summed E-state index contributed by atoms with van der Waals surface area (Å²) in [6.07, 6.45) is 3.30. The highest BCUT2D eigenvalue weighted by molar-refractivity contribution is 7.09. The molecule has 4 heterocycles. The number of amides is 1. The molecule has 23 heavy (non-hydrogen) atoms. The van der Waals surface area contributed by atoms with E-state index in [1.54, 1.807) is 11.3 Å². The number of likely N-dealkylation sites (tertiary alicyclic amines) is 1. The predicted molar refractivity (Wildman–Crippen MR) is 88.8 cm³/mol. The maximum Gasteiger partial charge on any atom is 0.273 e. The van der Waals surface area contributed by atoms with Crippen LogP contribution in [0.2, 0.25) is 0 Å². The molecule has 3 aliphatic heterocycles. The van der Waals surface area contributed by atoms with Crippen LogP contribution in [0.15, 0.2) is 5.38 Å². The third-order valence-corrected chi connectivity index (χ3v) is 6.00. The maximum atomic E-state index is 12.7. The molecule has 0 radical (unpaired) electrons. The van der Waals surface area contributed by atoms with E-state index in [4.69, 9.17) is 4.74 Å². The number of rotatable bonds is 3. The van der Waals surface area contributed by atoms with Crippen molar-refractivity contribution in [2.45, 2.75) is 31.4 Å². The zero-order chi connectivity index (χ0) is 15.6. The van der Waals surface area contributed by atoms with Crippen LogP contribution in [0.4, 0.5) is 0 Å². The molecule has 1 aromatic rings. The Morgan fingerprint density at radius 2 is 2.17 bits per heavy atom. The number of carbonyl (C=O) groups is 1. The summed E-state index contributed by atoms with van der Waals surface area (Å²) in [5.41, 5.74) is 0.599. The molecule has 1 amide bonds. The van der Waals surface area contributed by atoms with Crippen LogP contribution in [-0.4, -0.2) is 72.6 Å². The van der Waals surface area contributed by atoms with Crippen LogP contribution >= 0.6 is 11.3 Å². The van der Waals surface area contributed by atoms with Gasteiger partial charge >= 0.3 is 0 Å². The van der Waals surface area contributed by atoms with Crippen molar-refractivity contribution in [1.29, 1.82) is 0 Å². The summed E-state index contributed by atoms with van der Waals surface area (Å²) in [5.74, 6) is 0.0862. The van der Waals surface area contributed by atoms with E-state index in [2.05, 4.69) is 15.2 Å². The van der Waals surface area contributed by atoms with E-state index in [0.29, 0.717) is 11.7 Å². The van der Waals surface area contributed by atoms with E-state index < -0.39 is 0 Å². The second kappa shape index (κ2) is 6.84. The Balaban J connectivity index is 1.37. The molecule has 2 unspecified atom stereocenters. The van der Waals surface area contributed by atoms with Crippen molar-refractivity contribution in [2.24, 2.45) is 0 Å². The fourth-order valence-electron chi connectivity index (χ4n) is 3.74. The Hall–Kier alpha value is -1.02. The van der Waals surface area contributed by atoms with Crippen molar-refractivity contribution in [3.05, 3.63) is 16.1 Å². The Kier molecular flexibility index (Phi) is 4.61. The number of hydrogen-bond acceptors (Lipinski definition) is 6. The average molecular weight is 336 g/mol. The topological polar surface area (TPSA) is 57.7 Å². The molecule has 1 N–H and O–H groups in total. The fraction of sp³-hybridized carbons (Fsp3) is 0.750. The minimum atomic E-state index is 0.0862. The molecule has 3 fully saturated rings. The molecule has 0 bridgehead atoms. The number of piperazine rings is 1. The molecule has 1 aromatic heterocycles. The summed E-state index contributed by atoms with van der Waals surface area (Å²) in [6, 6.07) is 0.511. The molecule has 0 aromatic carbocycles. The van der Waals surface area contributed by atoms with Gasteiger partial charge in [0.05, 0.1) is 0 Å². The number of ether oxygens (including phenoxy) is 1. The first-order chi connectivity index (χ1) is 11.3. The summed E-state index contributed by atoms with van der Waals surface area (Å²) in [7, 11) is 0. The smallest absolute Gasteiger partial charge is 0.273 e. The lowest BCUT2D eigenvalue weighted by atomic mass is 10.2. The van der Waals surface area contributed by atoms with Crippen molar-refractivity contribution in [3.63, 3.8) is 0 Å². The Morgan fingerprint density at radius 1 is 1.30 bits per heavy atom. The van der Waals surface area contributed by atoms with Crippen molar-refractivity contribution in [1.82, 2.24) is 20.1 Å². The molecule has 4 rings (SSSR count). The van der Waals surface area contributed by atoms with Gasteiger partial charge in [0.25, 0.3) is 5.91 Å². The van der Waals surface area contributed by atoms with Gasteiger partial charge in [0.1, 0.15) is 16.8 Å². The van der Waals surface area contributed by atoms with E-state index in [1.807, 2.05) is 10.3 Å². The van der Waals surface area contributed by atoms with Gasteiger partial charge in [-0.3, -0.25) is 9.69 Å². The largest absolute Gasteiger partial charge is 0.371 e. The second-order valence-electron chi connectivity index (χ2n) is 6.55. The number of thiazole rings is 1. The van der Waals surface area contributed by atoms with Gasteiger partial charge in [0, 0.05) is 57.3 Å². The first-order valence-electron chi connectivity index (χ1n) is 8.62. The fourth-order valence-corrected chi connectivity index (χ4v) is 4.61. The van der Waals surface area contributed by atoms with E-state index in [-0.39, 0.29) is 12.0 Å². The van der Waals surface area contributed by atoms with Gasteiger partial charge in [-0.15, -0.1) is 11.3 Å². The first kappa shape index (κ1) is 15.5. The maximum absolute atomic E-state index is 12.7. The lowest BCUT2D eigenvalue weighted by Crippen LogP contribution is -2.49. The first-order valence-corrected chi connectivity index (χ1v) is 9.50. The monoisotopic (exact) mass is 336 g/mol. The zero-order valence-electron chi connectivity index (χ0n) is 13.4. The minimum Gasteiger partial charge on any atom is -0.371 e. The second-order valence-corrected chi connectivity index (χ2v) is 7.44. The van der Waals surface area contributed by atoms with Crippen molar-refractivity contribution < 1.29 is 9.53 Å². The predicted octanol–water partition coefficient (Wildman–Crippen LogP) is 1.11. The molecule has 2 atom stereocenters. The lowest BCUT2D eigenvalue weighted by Gasteiger charge is -2.32. The van der Waals surface area contributed by atoms with Gasteiger partial charge in [-0.25, -0.2) is 4.98 Å². The molecule has 3 saturated heterocycles. The van der Waals surface area contributed by atoms with Gasteiger partial charge in [-0.2, -0.15) is 0 Å². The molecule has 7 heteroatoms. The SMILES string of the molecule is O=C(c1csc(C2CCCO2)n1)N1CCC(N2CCNCC2)C1. The third kappa shape index (κ3) is 3.28. The molecule has 0 spiro atoms. The summed E-state index contributed by atoms with van der Waals surface area (Å²) < 4.78 is 5.66. The summed E-state index contributed by atoms with van der Waals surface area (Å²) in [4.78, 5) is 21.7. The van der Waals surface area contributed by atoms with Gasteiger partial charge in [0.15, 0.2) is 0 Å². The number of nitrogens with zero attached hydrogens (tertiary/aromatic N) is 3. The van der Waals surface area contributed by atoms with Crippen LogP contribution in [0.5, 0.6) is 0 Å². The Labute approximate surface area is 140 Å².